The molecule has 2 aromatic carbocycles. The molecule has 196 valence electrons. The number of nitrogens with zero attached hydrogens (tertiary/aromatic N) is 2. The van der Waals surface area contributed by atoms with Gasteiger partial charge in [-0.15, -0.1) is 0 Å². The van der Waals surface area contributed by atoms with E-state index < -0.39 is 33.0 Å². The van der Waals surface area contributed by atoms with E-state index >= 15 is 0 Å². The molecule has 0 aliphatic rings. The number of hydrogen-bond acceptors (Lipinski definition) is 6. The standard InChI is InChI=1S/C25H24F3N3O5S/c1-15(30-36-3)21-13-22(23(32)29-14-17-8-10-20(11-9-17)37(4,34)35)24(33)31(16(21)2)19-7-5-6-18(12-19)25(26,27)28/h5-13H,14H2,1-4H3,(H,29,32)/b30-15-. The molecular weight excluding hydrogens is 511 g/mol. The van der Waals surface area contributed by atoms with Crippen LogP contribution >= 0.6 is 0 Å². The van der Waals surface area contributed by atoms with Crippen LogP contribution in [-0.4, -0.2) is 38.0 Å². The van der Waals surface area contributed by atoms with Crippen LogP contribution in [0, 0.1) is 6.92 Å². The van der Waals surface area contributed by atoms with Gasteiger partial charge in [-0.05, 0) is 55.8 Å². The smallest absolute Gasteiger partial charge is 0.399 e. The SMILES string of the molecule is CO/N=C(/C)c1cc(C(=O)NCc2ccc(S(C)(=O)=O)cc2)c(=O)n(-c2cccc(C(F)(F)F)c2)c1C. The average molecular weight is 536 g/mol. The van der Waals surface area contributed by atoms with E-state index in [1.165, 1.54) is 56.5 Å². The van der Waals surface area contributed by atoms with Crippen molar-refractivity contribution in [3.05, 3.63) is 92.9 Å². The van der Waals surface area contributed by atoms with Gasteiger partial charge in [0.05, 0.1) is 16.2 Å². The van der Waals surface area contributed by atoms with Crippen molar-refractivity contribution in [3.63, 3.8) is 0 Å². The number of aromatic nitrogens is 1. The van der Waals surface area contributed by atoms with Crippen molar-refractivity contribution in [3.8, 4) is 5.69 Å². The molecule has 1 N–H and O–H groups in total. The highest BCUT2D eigenvalue weighted by Gasteiger charge is 2.31. The van der Waals surface area contributed by atoms with Gasteiger partial charge in [-0.2, -0.15) is 13.2 Å². The number of hydrogen-bond donors (Lipinski definition) is 1. The molecule has 1 aromatic heterocycles. The molecule has 0 aliphatic carbocycles. The van der Waals surface area contributed by atoms with Crippen molar-refractivity contribution in [2.24, 2.45) is 5.16 Å². The van der Waals surface area contributed by atoms with Gasteiger partial charge in [0.1, 0.15) is 12.7 Å². The predicted molar refractivity (Wildman–Crippen MR) is 132 cm³/mol. The molecule has 0 atom stereocenters. The second kappa shape index (κ2) is 10.6. The summed E-state index contributed by atoms with van der Waals surface area (Å²) < 4.78 is 64.3. The first-order valence-corrected chi connectivity index (χ1v) is 12.7. The number of carbonyl (C=O) groups excluding carboxylic acids is 1. The van der Waals surface area contributed by atoms with Crippen LogP contribution in [0.25, 0.3) is 5.69 Å². The Morgan fingerprint density at radius 2 is 1.73 bits per heavy atom. The topological polar surface area (TPSA) is 107 Å². The van der Waals surface area contributed by atoms with Crippen LogP contribution in [-0.2, 0) is 27.4 Å². The Labute approximate surface area is 211 Å². The molecule has 0 unspecified atom stereocenters. The highest BCUT2D eigenvalue weighted by atomic mass is 32.2. The van der Waals surface area contributed by atoms with Crippen molar-refractivity contribution in [2.45, 2.75) is 31.5 Å². The third kappa shape index (κ3) is 6.26. The third-order valence-corrected chi connectivity index (χ3v) is 6.67. The fraction of sp³-hybridized carbons (Fsp3) is 0.240. The lowest BCUT2D eigenvalue weighted by Gasteiger charge is -2.17. The highest BCUT2D eigenvalue weighted by Crippen LogP contribution is 2.30. The highest BCUT2D eigenvalue weighted by molar-refractivity contribution is 7.90. The van der Waals surface area contributed by atoms with Crippen LogP contribution in [0.15, 0.2) is 69.4 Å². The maximum absolute atomic E-state index is 13.4. The van der Waals surface area contributed by atoms with Crippen molar-refractivity contribution in [1.29, 1.82) is 0 Å². The molecule has 1 heterocycles. The maximum Gasteiger partial charge on any atom is 0.416 e. The average Bonchev–Trinajstić information content (AvgIpc) is 2.82. The number of alkyl halides is 3. The van der Waals surface area contributed by atoms with Crippen molar-refractivity contribution < 1.29 is 31.2 Å². The van der Waals surface area contributed by atoms with Gasteiger partial charge in [-0.1, -0.05) is 23.4 Å². The Morgan fingerprint density at radius 1 is 1.08 bits per heavy atom. The second-order valence-corrected chi connectivity index (χ2v) is 10.2. The fourth-order valence-electron chi connectivity index (χ4n) is 3.68. The Hall–Kier alpha value is -3.93. The summed E-state index contributed by atoms with van der Waals surface area (Å²) in [5.41, 5.74) is -0.721. The van der Waals surface area contributed by atoms with Gasteiger partial charge in [0.2, 0.25) is 0 Å². The van der Waals surface area contributed by atoms with Crippen molar-refractivity contribution >= 4 is 21.5 Å². The fourth-order valence-corrected chi connectivity index (χ4v) is 4.31. The van der Waals surface area contributed by atoms with E-state index in [0.29, 0.717) is 16.8 Å². The van der Waals surface area contributed by atoms with E-state index in [2.05, 4.69) is 10.5 Å². The second-order valence-electron chi connectivity index (χ2n) is 8.20. The lowest BCUT2D eigenvalue weighted by Crippen LogP contribution is -2.34. The summed E-state index contributed by atoms with van der Waals surface area (Å²) in [6.45, 7) is 3.06. The van der Waals surface area contributed by atoms with Crippen LogP contribution in [0.3, 0.4) is 0 Å². The van der Waals surface area contributed by atoms with Gasteiger partial charge in [0.25, 0.3) is 11.5 Å². The molecule has 0 aliphatic heterocycles. The molecule has 0 saturated carbocycles. The summed E-state index contributed by atoms with van der Waals surface area (Å²) >= 11 is 0. The summed E-state index contributed by atoms with van der Waals surface area (Å²) in [7, 11) is -2.08. The van der Waals surface area contributed by atoms with Gasteiger partial charge >= 0.3 is 6.18 Å². The molecule has 0 fully saturated rings. The van der Waals surface area contributed by atoms with E-state index in [-0.39, 0.29) is 28.4 Å². The van der Waals surface area contributed by atoms with E-state index in [1.54, 1.807) is 6.92 Å². The minimum absolute atomic E-state index is 0.0276. The molecule has 0 radical (unpaired) electrons. The number of amides is 1. The summed E-state index contributed by atoms with van der Waals surface area (Å²) in [4.78, 5) is 31.3. The molecule has 3 rings (SSSR count). The lowest BCUT2D eigenvalue weighted by atomic mass is 10.0. The Kier molecular flexibility index (Phi) is 7.91. The van der Waals surface area contributed by atoms with Crippen LogP contribution in [0.2, 0.25) is 0 Å². The van der Waals surface area contributed by atoms with Gasteiger partial charge in [-0.3, -0.25) is 14.2 Å². The van der Waals surface area contributed by atoms with Gasteiger partial charge < -0.3 is 10.2 Å². The number of carbonyl (C=O) groups is 1. The third-order valence-electron chi connectivity index (χ3n) is 5.55. The molecule has 37 heavy (non-hydrogen) atoms. The van der Waals surface area contributed by atoms with Crippen LogP contribution in [0.1, 0.15) is 39.7 Å². The zero-order valence-electron chi connectivity index (χ0n) is 20.4. The number of halogens is 3. The first kappa shape index (κ1) is 27.7. The molecule has 0 saturated heterocycles. The van der Waals surface area contributed by atoms with Gasteiger partial charge in [0.15, 0.2) is 9.84 Å². The van der Waals surface area contributed by atoms with E-state index in [4.69, 9.17) is 4.84 Å². The van der Waals surface area contributed by atoms with E-state index in [0.717, 1.165) is 23.0 Å². The first-order valence-electron chi connectivity index (χ1n) is 10.8. The van der Waals surface area contributed by atoms with Gasteiger partial charge in [0, 0.05) is 29.7 Å². The molecule has 12 heteroatoms. The van der Waals surface area contributed by atoms with Crippen molar-refractivity contribution in [2.75, 3.05) is 13.4 Å². The Balaban J connectivity index is 2.07. The summed E-state index contributed by atoms with van der Waals surface area (Å²) in [5.74, 6) is -0.774. The molecular formula is C25H24F3N3O5S. The van der Waals surface area contributed by atoms with Crippen LogP contribution in [0.4, 0.5) is 13.2 Å². The molecule has 3 aromatic rings. The first-order chi connectivity index (χ1) is 17.2. The zero-order chi connectivity index (χ0) is 27.5. The quantitative estimate of drug-likeness (QED) is 0.365. The monoisotopic (exact) mass is 535 g/mol. The van der Waals surface area contributed by atoms with Crippen LogP contribution < -0.4 is 10.9 Å². The normalized spacial score (nSPS) is 12.4. The minimum Gasteiger partial charge on any atom is -0.399 e. The summed E-state index contributed by atoms with van der Waals surface area (Å²) in [5, 5.41) is 6.43. The summed E-state index contributed by atoms with van der Waals surface area (Å²) in [6.07, 6.45) is -3.56. The number of rotatable bonds is 7. The number of nitrogens with one attached hydrogen (secondary N) is 1. The molecule has 0 spiro atoms. The Bertz CT molecular complexity index is 1530. The molecule has 1 amide bonds. The van der Waals surface area contributed by atoms with Gasteiger partial charge in [-0.25, -0.2) is 8.42 Å². The minimum atomic E-state index is -4.63. The molecule has 0 bridgehead atoms. The number of oxime groups is 1. The molecule has 8 nitrogen and oxygen atoms in total. The number of benzene rings is 2. The summed E-state index contributed by atoms with van der Waals surface area (Å²) in [6, 6.07) is 11.4. The number of pyridine rings is 1. The van der Waals surface area contributed by atoms with E-state index in [1.807, 2.05) is 0 Å². The Morgan fingerprint density at radius 3 is 2.30 bits per heavy atom. The predicted octanol–water partition coefficient (Wildman–Crippen LogP) is 3.87. The largest absolute Gasteiger partial charge is 0.416 e. The number of sulfone groups is 1. The van der Waals surface area contributed by atoms with Crippen molar-refractivity contribution in [1.82, 2.24) is 9.88 Å². The van der Waals surface area contributed by atoms with E-state index in [9.17, 15) is 31.2 Å². The lowest BCUT2D eigenvalue weighted by molar-refractivity contribution is -0.137. The maximum atomic E-state index is 13.4. The zero-order valence-corrected chi connectivity index (χ0v) is 21.2. The van der Waals surface area contributed by atoms with Crippen LogP contribution in [0.5, 0.6) is 0 Å².